The number of ether oxygens (including phenoxy) is 2. The molecule has 0 unspecified atom stereocenters. The van der Waals surface area contributed by atoms with Crippen molar-refractivity contribution in [3.63, 3.8) is 0 Å². The first-order chi connectivity index (χ1) is 10.7. The fraction of sp³-hybridized carbons (Fsp3) is 0.357. The Balaban J connectivity index is 1.94. The van der Waals surface area contributed by atoms with Gasteiger partial charge in [0.25, 0.3) is 5.22 Å². The van der Waals surface area contributed by atoms with Gasteiger partial charge in [0.1, 0.15) is 11.5 Å². The van der Waals surface area contributed by atoms with Crippen LogP contribution >= 0.6 is 11.8 Å². The lowest BCUT2D eigenvalue weighted by Crippen LogP contribution is -2.14. The molecule has 22 heavy (non-hydrogen) atoms. The summed E-state index contributed by atoms with van der Waals surface area (Å²) in [7, 11) is 3.10. The molecule has 0 radical (unpaired) electrons. The van der Waals surface area contributed by atoms with E-state index in [1.807, 2.05) is 6.92 Å². The molecule has 0 aliphatic heterocycles. The third-order valence-corrected chi connectivity index (χ3v) is 3.58. The molecule has 0 aliphatic rings. The summed E-state index contributed by atoms with van der Waals surface area (Å²) in [5.74, 6) is 1.72. The number of nitrogens with one attached hydrogen (secondary N) is 1. The first-order valence-corrected chi connectivity index (χ1v) is 7.61. The number of rotatable bonds is 7. The zero-order chi connectivity index (χ0) is 15.9. The average molecular weight is 323 g/mol. The van der Waals surface area contributed by atoms with Crippen molar-refractivity contribution in [3.8, 4) is 11.5 Å². The van der Waals surface area contributed by atoms with Gasteiger partial charge in [-0.1, -0.05) is 18.7 Å². The number of thioether (sulfide) groups is 1. The highest BCUT2D eigenvalue weighted by atomic mass is 32.2. The van der Waals surface area contributed by atoms with Crippen LogP contribution in [0.15, 0.2) is 27.8 Å². The maximum atomic E-state index is 12.0. The van der Waals surface area contributed by atoms with Crippen molar-refractivity contribution < 1.29 is 18.7 Å². The van der Waals surface area contributed by atoms with Crippen LogP contribution in [0.3, 0.4) is 0 Å². The third-order valence-electron chi connectivity index (χ3n) is 2.76. The number of carbonyl (C=O) groups is 1. The lowest BCUT2D eigenvalue weighted by atomic mass is 10.2. The molecule has 7 nitrogen and oxygen atoms in total. The zero-order valence-electron chi connectivity index (χ0n) is 12.6. The topological polar surface area (TPSA) is 86.5 Å². The predicted molar refractivity (Wildman–Crippen MR) is 82.6 cm³/mol. The second kappa shape index (κ2) is 7.69. The number of carbonyl (C=O) groups excluding carboxylic acids is 1. The van der Waals surface area contributed by atoms with Gasteiger partial charge in [0.15, 0.2) is 0 Å². The van der Waals surface area contributed by atoms with E-state index in [0.29, 0.717) is 34.7 Å². The Morgan fingerprint density at radius 1 is 1.32 bits per heavy atom. The summed E-state index contributed by atoms with van der Waals surface area (Å²) in [6.07, 6.45) is 0.669. The van der Waals surface area contributed by atoms with E-state index in [4.69, 9.17) is 13.9 Å². The van der Waals surface area contributed by atoms with E-state index >= 15 is 0 Å². The fourth-order valence-electron chi connectivity index (χ4n) is 1.65. The van der Waals surface area contributed by atoms with Crippen LogP contribution in [0, 0.1) is 0 Å². The minimum absolute atomic E-state index is 0.167. The van der Waals surface area contributed by atoms with E-state index in [0.717, 1.165) is 0 Å². The Kier molecular flexibility index (Phi) is 5.65. The largest absolute Gasteiger partial charge is 0.497 e. The van der Waals surface area contributed by atoms with Crippen LogP contribution in [0.5, 0.6) is 11.5 Å². The van der Waals surface area contributed by atoms with Gasteiger partial charge in [0.2, 0.25) is 11.8 Å². The molecule has 2 rings (SSSR count). The molecule has 0 saturated heterocycles. The smallest absolute Gasteiger partial charge is 0.277 e. The highest BCUT2D eigenvalue weighted by Crippen LogP contribution is 2.29. The SMILES string of the molecule is CCc1nnc(SCC(=O)Nc2ccc(OC)cc2OC)o1. The van der Waals surface area contributed by atoms with E-state index in [-0.39, 0.29) is 11.7 Å². The van der Waals surface area contributed by atoms with E-state index in [9.17, 15) is 4.79 Å². The Bertz CT molecular complexity index is 645. The van der Waals surface area contributed by atoms with Crippen LogP contribution in [0.2, 0.25) is 0 Å². The molecule has 118 valence electrons. The summed E-state index contributed by atoms with van der Waals surface area (Å²) in [5, 5.41) is 10.8. The lowest BCUT2D eigenvalue weighted by molar-refractivity contribution is -0.113. The molecule has 1 amide bonds. The molecule has 1 N–H and O–H groups in total. The Hall–Kier alpha value is -2.22. The minimum atomic E-state index is -0.190. The van der Waals surface area contributed by atoms with Crippen molar-refractivity contribution in [3.05, 3.63) is 24.1 Å². The Labute approximate surface area is 132 Å². The van der Waals surface area contributed by atoms with Gasteiger partial charge in [-0.05, 0) is 12.1 Å². The summed E-state index contributed by atoms with van der Waals surface area (Å²) in [5.41, 5.74) is 0.577. The summed E-state index contributed by atoms with van der Waals surface area (Å²) >= 11 is 1.19. The first-order valence-electron chi connectivity index (χ1n) is 6.63. The minimum Gasteiger partial charge on any atom is -0.497 e. The average Bonchev–Trinajstić information content (AvgIpc) is 3.01. The van der Waals surface area contributed by atoms with Gasteiger partial charge in [-0.2, -0.15) is 0 Å². The van der Waals surface area contributed by atoms with Crippen molar-refractivity contribution in [1.82, 2.24) is 10.2 Å². The molecule has 8 heteroatoms. The van der Waals surface area contributed by atoms with Gasteiger partial charge in [-0.15, -0.1) is 10.2 Å². The van der Waals surface area contributed by atoms with Gasteiger partial charge in [0.05, 0.1) is 25.7 Å². The Morgan fingerprint density at radius 2 is 2.14 bits per heavy atom. The van der Waals surface area contributed by atoms with Gasteiger partial charge in [-0.25, -0.2) is 0 Å². The van der Waals surface area contributed by atoms with Crippen LogP contribution < -0.4 is 14.8 Å². The maximum absolute atomic E-state index is 12.0. The van der Waals surface area contributed by atoms with Gasteiger partial charge in [0, 0.05) is 12.5 Å². The third kappa shape index (κ3) is 4.14. The van der Waals surface area contributed by atoms with Gasteiger partial charge >= 0.3 is 0 Å². The fourth-order valence-corrected chi connectivity index (χ4v) is 2.24. The quantitative estimate of drug-likeness (QED) is 0.783. The highest BCUT2D eigenvalue weighted by Gasteiger charge is 2.11. The molecule has 0 bridgehead atoms. The van der Waals surface area contributed by atoms with Crippen LogP contribution in [-0.4, -0.2) is 36.1 Å². The molecule has 0 fully saturated rings. The van der Waals surface area contributed by atoms with Crippen molar-refractivity contribution in [2.75, 3.05) is 25.3 Å². The second-order valence-corrected chi connectivity index (χ2v) is 5.14. The normalized spacial score (nSPS) is 10.3. The zero-order valence-corrected chi connectivity index (χ0v) is 13.4. The number of aromatic nitrogens is 2. The number of benzene rings is 1. The predicted octanol–water partition coefficient (Wildman–Crippen LogP) is 2.38. The molecule has 1 heterocycles. The van der Waals surface area contributed by atoms with Crippen molar-refractivity contribution in [2.45, 2.75) is 18.6 Å². The number of nitrogens with zero attached hydrogens (tertiary/aromatic N) is 2. The summed E-state index contributed by atoms with van der Waals surface area (Å²) in [6, 6.07) is 5.17. The molecular formula is C14H17N3O4S. The van der Waals surface area contributed by atoms with Crippen molar-refractivity contribution >= 4 is 23.4 Å². The number of anilines is 1. The molecule has 1 aromatic carbocycles. The molecule has 0 aliphatic carbocycles. The van der Waals surface area contributed by atoms with Crippen LogP contribution in [0.4, 0.5) is 5.69 Å². The monoisotopic (exact) mass is 323 g/mol. The number of hydrogen-bond acceptors (Lipinski definition) is 7. The highest BCUT2D eigenvalue weighted by molar-refractivity contribution is 7.99. The lowest BCUT2D eigenvalue weighted by Gasteiger charge is -2.11. The number of hydrogen-bond donors (Lipinski definition) is 1. The van der Waals surface area contributed by atoms with E-state index in [1.165, 1.54) is 18.9 Å². The number of methoxy groups -OCH3 is 2. The van der Waals surface area contributed by atoms with E-state index in [2.05, 4.69) is 15.5 Å². The van der Waals surface area contributed by atoms with Crippen LogP contribution in [0.1, 0.15) is 12.8 Å². The first kappa shape index (κ1) is 16.2. The summed E-state index contributed by atoms with van der Waals surface area (Å²) < 4.78 is 15.7. The standard InChI is InChI=1S/C14H17N3O4S/c1-4-13-16-17-14(21-13)22-8-12(18)15-10-6-5-9(19-2)7-11(10)20-3/h5-7H,4,8H2,1-3H3,(H,15,18). The summed E-state index contributed by atoms with van der Waals surface area (Å²) in [4.78, 5) is 12.0. The maximum Gasteiger partial charge on any atom is 0.277 e. The molecule has 0 spiro atoms. The molecule has 1 aromatic heterocycles. The molecule has 0 saturated carbocycles. The van der Waals surface area contributed by atoms with E-state index < -0.39 is 0 Å². The van der Waals surface area contributed by atoms with Gasteiger partial charge < -0.3 is 19.2 Å². The van der Waals surface area contributed by atoms with E-state index in [1.54, 1.807) is 25.3 Å². The van der Waals surface area contributed by atoms with Crippen LogP contribution in [-0.2, 0) is 11.2 Å². The molecule has 0 atom stereocenters. The Morgan fingerprint density at radius 3 is 2.77 bits per heavy atom. The number of aryl methyl sites for hydroxylation is 1. The van der Waals surface area contributed by atoms with Crippen molar-refractivity contribution in [2.24, 2.45) is 0 Å². The molecule has 2 aromatic rings. The molecular weight excluding hydrogens is 306 g/mol. The van der Waals surface area contributed by atoms with Crippen molar-refractivity contribution in [1.29, 1.82) is 0 Å². The second-order valence-electron chi connectivity index (χ2n) is 4.22. The van der Waals surface area contributed by atoms with Gasteiger partial charge in [-0.3, -0.25) is 4.79 Å². The summed E-state index contributed by atoms with van der Waals surface area (Å²) in [6.45, 7) is 1.92. The number of amides is 1. The van der Waals surface area contributed by atoms with Crippen LogP contribution in [0.25, 0.3) is 0 Å².